The minimum atomic E-state index is -5.32. The van der Waals surface area contributed by atoms with Gasteiger partial charge in [-0.3, -0.25) is 14.1 Å². The Balaban J connectivity index is 1.89. The number of hydrogen-bond donors (Lipinski definition) is 1. The van der Waals surface area contributed by atoms with E-state index in [1.165, 1.54) is 51.5 Å². The van der Waals surface area contributed by atoms with Crippen LogP contribution >= 0.6 is 11.6 Å². The summed E-state index contributed by atoms with van der Waals surface area (Å²) in [5.41, 5.74) is -2.44. The van der Waals surface area contributed by atoms with Crippen LogP contribution in [0.3, 0.4) is 0 Å². The Bertz CT molecular complexity index is 1830. The molecular weight excluding hydrogens is 658 g/mol. The smallest absolute Gasteiger partial charge is 0.497 e. The van der Waals surface area contributed by atoms with Gasteiger partial charge in [0.2, 0.25) is 5.54 Å². The first kappa shape index (κ1) is 33.3. The highest BCUT2D eigenvalue weighted by atomic mass is 35.5. The highest BCUT2D eigenvalue weighted by molar-refractivity contribution is 7.93. The summed E-state index contributed by atoms with van der Waals surface area (Å²) in [7, 11) is 0.0364. The van der Waals surface area contributed by atoms with Gasteiger partial charge in [-0.2, -0.15) is 4.31 Å². The van der Waals surface area contributed by atoms with Gasteiger partial charge >= 0.3 is 12.3 Å². The van der Waals surface area contributed by atoms with Gasteiger partial charge in [0.25, 0.3) is 15.9 Å². The number of methoxy groups -OCH3 is 2. The van der Waals surface area contributed by atoms with Crippen LogP contribution in [0.15, 0.2) is 65.6 Å². The molecule has 0 spiro atoms. The zero-order valence-electron chi connectivity index (χ0n) is 24.9. The number of nitrogens with one attached hydrogen (secondary N) is 1. The van der Waals surface area contributed by atoms with Gasteiger partial charge in [0.15, 0.2) is 18.0 Å². The molecule has 0 radical (unpaired) electrons. The molecule has 3 aromatic rings. The van der Waals surface area contributed by atoms with Gasteiger partial charge < -0.3 is 19.5 Å². The van der Waals surface area contributed by atoms with Gasteiger partial charge in [-0.1, -0.05) is 23.7 Å². The van der Waals surface area contributed by atoms with Crippen molar-refractivity contribution in [3.63, 3.8) is 0 Å². The van der Waals surface area contributed by atoms with Crippen LogP contribution in [-0.4, -0.2) is 78.2 Å². The van der Waals surface area contributed by atoms with Crippen molar-refractivity contribution in [1.29, 1.82) is 0 Å². The topological polar surface area (TPSA) is 111 Å². The first-order valence-electron chi connectivity index (χ1n) is 13.7. The standard InChI is InChI=1S/C30H28ClF4N3O7S/c1-36-27(39)23-14-18(32)16-38(23,2)29(20-7-5-6-8-24(20)44-4)21-13-17(31)9-11-22(21)37(28(29)40)46(41,42)26-12-10-19(43-3)15-25(26)45-30(33,34)35/h5-13,15,18,23H,14,16H2,1-4H3/p+1/t18-,23+,29?,38?/m1/s1. The quantitative estimate of drug-likeness (QED) is 0.274. The first-order valence-corrected chi connectivity index (χ1v) is 15.6. The van der Waals surface area contributed by atoms with E-state index in [0.717, 1.165) is 25.3 Å². The summed E-state index contributed by atoms with van der Waals surface area (Å²) in [4.78, 5) is 27.6. The Morgan fingerprint density at radius 1 is 1.04 bits per heavy atom. The van der Waals surface area contributed by atoms with E-state index in [1.807, 2.05) is 0 Å². The molecule has 0 aliphatic carbocycles. The molecule has 1 saturated heterocycles. The maximum atomic E-state index is 15.5. The van der Waals surface area contributed by atoms with Crippen molar-refractivity contribution in [3.8, 4) is 17.2 Å². The first-order chi connectivity index (χ1) is 21.6. The molecule has 2 unspecified atom stereocenters. The molecule has 2 aliphatic heterocycles. The lowest BCUT2D eigenvalue weighted by molar-refractivity contribution is -0.953. The summed E-state index contributed by atoms with van der Waals surface area (Å²) < 4.78 is 99.4. The second-order valence-electron chi connectivity index (χ2n) is 10.9. The van der Waals surface area contributed by atoms with Gasteiger partial charge in [-0.25, -0.2) is 12.8 Å². The highest BCUT2D eigenvalue weighted by Gasteiger charge is 2.72. The average molecular weight is 687 g/mol. The number of para-hydroxylation sites is 1. The van der Waals surface area contributed by atoms with E-state index in [4.69, 9.17) is 21.1 Å². The predicted octanol–water partition coefficient (Wildman–Crippen LogP) is 4.54. The number of likely N-dealkylation sites (tertiary alicyclic amines) is 1. The zero-order valence-corrected chi connectivity index (χ0v) is 26.5. The van der Waals surface area contributed by atoms with E-state index >= 15 is 9.18 Å². The van der Waals surface area contributed by atoms with Gasteiger partial charge in [0, 0.05) is 24.6 Å². The van der Waals surface area contributed by atoms with E-state index in [2.05, 4.69) is 10.1 Å². The Hall–Kier alpha value is -4.08. The fourth-order valence-electron chi connectivity index (χ4n) is 6.68. The van der Waals surface area contributed by atoms with E-state index in [0.29, 0.717) is 4.31 Å². The highest BCUT2D eigenvalue weighted by Crippen LogP contribution is 2.58. The molecular formula is C30H29ClF4N3O7S+. The normalized spacial score (nSPS) is 24.5. The minimum Gasteiger partial charge on any atom is -0.497 e. The van der Waals surface area contributed by atoms with Gasteiger partial charge in [0.1, 0.15) is 22.9 Å². The molecule has 4 atom stereocenters. The molecule has 2 amide bonds. The fourth-order valence-corrected chi connectivity index (χ4v) is 8.41. The maximum Gasteiger partial charge on any atom is 0.573 e. The van der Waals surface area contributed by atoms with E-state index < -0.39 is 67.6 Å². The number of alkyl halides is 4. The van der Waals surface area contributed by atoms with Crippen molar-refractivity contribution in [2.45, 2.75) is 35.4 Å². The summed E-state index contributed by atoms with van der Waals surface area (Å²) in [6, 6.07) is 11.4. The number of halogens is 5. The molecule has 246 valence electrons. The second kappa shape index (κ2) is 11.6. The molecule has 3 aromatic carbocycles. The van der Waals surface area contributed by atoms with Crippen LogP contribution in [0.1, 0.15) is 17.5 Å². The monoisotopic (exact) mass is 686 g/mol. The number of ether oxygens (including phenoxy) is 3. The number of likely N-dealkylation sites (N-methyl/N-ethyl adjacent to an activating group) is 2. The van der Waals surface area contributed by atoms with Crippen LogP contribution in [0.5, 0.6) is 17.2 Å². The lowest BCUT2D eigenvalue weighted by Crippen LogP contribution is -2.69. The minimum absolute atomic E-state index is 0.0321. The van der Waals surface area contributed by atoms with Crippen molar-refractivity contribution < 1.29 is 54.3 Å². The summed E-state index contributed by atoms with van der Waals surface area (Å²) in [6.07, 6.45) is -7.23. The Morgan fingerprint density at radius 2 is 1.74 bits per heavy atom. The largest absolute Gasteiger partial charge is 0.573 e. The third kappa shape index (κ3) is 5.00. The van der Waals surface area contributed by atoms with Crippen molar-refractivity contribution in [1.82, 2.24) is 5.32 Å². The molecule has 10 nitrogen and oxygen atoms in total. The molecule has 46 heavy (non-hydrogen) atoms. The lowest BCUT2D eigenvalue weighted by Gasteiger charge is -2.48. The summed E-state index contributed by atoms with van der Waals surface area (Å²) in [5.74, 6) is -3.03. The van der Waals surface area contributed by atoms with E-state index in [1.54, 1.807) is 12.1 Å². The van der Waals surface area contributed by atoms with E-state index in [-0.39, 0.29) is 39.8 Å². The number of quaternary nitrogens is 1. The van der Waals surface area contributed by atoms with Crippen LogP contribution in [-0.2, 0) is 25.2 Å². The molecule has 0 bridgehead atoms. The van der Waals surface area contributed by atoms with Crippen molar-refractivity contribution in [2.24, 2.45) is 0 Å². The van der Waals surface area contributed by atoms with Gasteiger partial charge in [0.05, 0.1) is 38.1 Å². The Morgan fingerprint density at radius 3 is 2.37 bits per heavy atom. The number of anilines is 1. The number of rotatable bonds is 8. The second-order valence-corrected chi connectivity index (χ2v) is 13.1. The summed E-state index contributed by atoms with van der Waals surface area (Å²) >= 11 is 6.45. The van der Waals surface area contributed by atoms with Gasteiger partial charge in [-0.15, -0.1) is 13.2 Å². The van der Waals surface area contributed by atoms with Crippen LogP contribution in [0.4, 0.5) is 23.2 Å². The molecule has 2 aliphatic rings. The number of benzene rings is 3. The SMILES string of the molecule is CNC(=O)[C@@H]1C[C@@H](F)C[N+]1(C)C1(c2ccccc2OC)C(=O)N(S(=O)(=O)c2ccc(OC)cc2OC(F)(F)F)c2ccc(Cl)cc21. The zero-order chi connectivity index (χ0) is 33.8. The number of sulfonamides is 1. The molecule has 5 rings (SSSR count). The molecule has 0 aromatic heterocycles. The molecule has 16 heteroatoms. The predicted molar refractivity (Wildman–Crippen MR) is 158 cm³/mol. The molecule has 1 N–H and O–H groups in total. The summed E-state index contributed by atoms with van der Waals surface area (Å²) in [5, 5.41) is 2.57. The number of fused-ring (bicyclic) bond motifs is 1. The summed E-state index contributed by atoms with van der Waals surface area (Å²) in [6.45, 7) is -0.424. The van der Waals surface area contributed by atoms with Crippen molar-refractivity contribution in [3.05, 3.63) is 76.8 Å². The van der Waals surface area contributed by atoms with Crippen LogP contribution in [0.25, 0.3) is 0 Å². The van der Waals surface area contributed by atoms with Crippen molar-refractivity contribution >= 4 is 39.1 Å². The third-order valence-electron chi connectivity index (χ3n) is 8.51. The number of amides is 2. The van der Waals surface area contributed by atoms with Crippen molar-refractivity contribution in [2.75, 3.05) is 39.2 Å². The number of nitrogens with zero attached hydrogens (tertiary/aromatic N) is 2. The molecule has 1 fully saturated rings. The lowest BCUT2D eigenvalue weighted by atomic mass is 9.78. The van der Waals surface area contributed by atoms with Gasteiger partial charge in [-0.05, 0) is 42.5 Å². The molecule has 0 saturated carbocycles. The number of hydrogen-bond acceptors (Lipinski definition) is 7. The number of carbonyl (C=O) groups excluding carboxylic acids is 2. The third-order valence-corrected chi connectivity index (χ3v) is 10.5. The Kier molecular flexibility index (Phi) is 8.41. The Labute approximate surface area is 267 Å². The fraction of sp³-hybridized carbons (Fsp3) is 0.333. The van der Waals surface area contributed by atoms with Crippen LogP contribution in [0, 0.1) is 0 Å². The average Bonchev–Trinajstić information content (AvgIpc) is 3.46. The molecule has 2 heterocycles. The van der Waals surface area contributed by atoms with Crippen LogP contribution < -0.4 is 23.8 Å². The number of carbonyl (C=O) groups is 2. The van der Waals surface area contributed by atoms with E-state index in [9.17, 15) is 26.4 Å². The van der Waals surface area contributed by atoms with Crippen LogP contribution in [0.2, 0.25) is 5.02 Å². The maximum absolute atomic E-state index is 15.5.